The fourth-order valence-electron chi connectivity index (χ4n) is 3.74. The van der Waals surface area contributed by atoms with Gasteiger partial charge in [0.25, 0.3) is 17.7 Å². The van der Waals surface area contributed by atoms with Gasteiger partial charge in [-0.05, 0) is 55.2 Å². The molecule has 0 atom stereocenters. The molecule has 0 radical (unpaired) electrons. The number of piperidine rings is 1. The quantitative estimate of drug-likeness (QED) is 0.588. The molecule has 1 saturated heterocycles. The molecule has 0 saturated carbocycles. The van der Waals surface area contributed by atoms with Gasteiger partial charge in [-0.15, -0.1) is 0 Å². The molecule has 2 heterocycles. The summed E-state index contributed by atoms with van der Waals surface area (Å²) in [6.45, 7) is 3.63. The molecule has 0 spiro atoms. The number of likely N-dealkylation sites (tertiary alicyclic amines) is 1. The van der Waals surface area contributed by atoms with E-state index in [0.717, 1.165) is 30.8 Å². The maximum atomic E-state index is 13.0. The summed E-state index contributed by atoms with van der Waals surface area (Å²) in [6, 6.07) is 11.2. The molecule has 2 aliphatic heterocycles. The van der Waals surface area contributed by atoms with E-state index in [1.165, 1.54) is 18.2 Å². The number of halogens is 3. The van der Waals surface area contributed by atoms with Gasteiger partial charge in [-0.1, -0.05) is 47.8 Å². The Morgan fingerprint density at radius 2 is 1.69 bits per heavy atom. The third-order valence-electron chi connectivity index (χ3n) is 5.64. The number of nitrogens with zero attached hydrogens (tertiary/aromatic N) is 2. The lowest BCUT2D eigenvalue weighted by Crippen LogP contribution is -2.37. The normalized spacial score (nSPS) is 17.4. The third-order valence-corrected chi connectivity index (χ3v) is 6.73. The van der Waals surface area contributed by atoms with E-state index in [1.807, 2.05) is 4.90 Å². The molecular formula is C23H20Cl3N3O3. The average Bonchev–Trinajstić information content (AvgIpc) is 2.99. The summed E-state index contributed by atoms with van der Waals surface area (Å²) in [5.74, 6) is -0.746. The number of amides is 3. The minimum atomic E-state index is -0.674. The number of hydrogen-bond donors (Lipinski definition) is 1. The van der Waals surface area contributed by atoms with Gasteiger partial charge in [0.2, 0.25) is 0 Å². The molecule has 4 rings (SSSR count). The van der Waals surface area contributed by atoms with Gasteiger partial charge in [0.15, 0.2) is 0 Å². The number of hydrogen-bond acceptors (Lipinski definition) is 4. The van der Waals surface area contributed by atoms with E-state index in [4.69, 9.17) is 34.8 Å². The highest BCUT2D eigenvalue weighted by Gasteiger charge is 2.39. The largest absolute Gasteiger partial charge is 0.350 e. The molecular weight excluding hydrogens is 473 g/mol. The van der Waals surface area contributed by atoms with Crippen LogP contribution in [0.25, 0.3) is 0 Å². The van der Waals surface area contributed by atoms with E-state index in [0.29, 0.717) is 22.2 Å². The van der Waals surface area contributed by atoms with E-state index in [9.17, 15) is 14.4 Å². The zero-order chi connectivity index (χ0) is 23.0. The van der Waals surface area contributed by atoms with Crippen LogP contribution in [0.3, 0.4) is 0 Å². The van der Waals surface area contributed by atoms with Crippen molar-refractivity contribution in [1.29, 1.82) is 0 Å². The number of nitrogens with one attached hydrogen (secondary N) is 1. The second kappa shape index (κ2) is 9.14. The Morgan fingerprint density at radius 3 is 2.38 bits per heavy atom. The van der Waals surface area contributed by atoms with Crippen molar-refractivity contribution in [3.05, 3.63) is 68.8 Å². The first-order valence-corrected chi connectivity index (χ1v) is 11.3. The van der Waals surface area contributed by atoms with Crippen molar-refractivity contribution in [2.75, 3.05) is 23.3 Å². The van der Waals surface area contributed by atoms with E-state index in [-0.39, 0.29) is 27.3 Å². The molecule has 6 nitrogen and oxygen atoms in total. The van der Waals surface area contributed by atoms with Crippen LogP contribution in [0.15, 0.2) is 53.2 Å². The van der Waals surface area contributed by atoms with Gasteiger partial charge in [0, 0.05) is 24.3 Å². The summed E-state index contributed by atoms with van der Waals surface area (Å²) in [5, 5.41) is 3.17. The van der Waals surface area contributed by atoms with Crippen LogP contribution in [-0.2, 0) is 9.59 Å². The molecule has 2 aromatic carbocycles. The predicted molar refractivity (Wildman–Crippen MR) is 126 cm³/mol. The SMILES string of the molecule is CC1CCN(C(=O)c2cccc(NC3=C(Cl)C(=O)N(c4ccc(Cl)c(Cl)c4)C3=O)c2)CC1. The minimum absolute atomic E-state index is 0.0631. The topological polar surface area (TPSA) is 69.7 Å². The van der Waals surface area contributed by atoms with Crippen LogP contribution < -0.4 is 10.2 Å². The van der Waals surface area contributed by atoms with Crippen LogP contribution in [0.4, 0.5) is 11.4 Å². The van der Waals surface area contributed by atoms with E-state index in [2.05, 4.69) is 12.2 Å². The first kappa shape index (κ1) is 22.6. The third kappa shape index (κ3) is 4.35. The zero-order valence-electron chi connectivity index (χ0n) is 17.2. The second-order valence-electron chi connectivity index (χ2n) is 7.91. The molecule has 0 aliphatic carbocycles. The van der Waals surface area contributed by atoms with Gasteiger partial charge in [-0.25, -0.2) is 4.90 Å². The van der Waals surface area contributed by atoms with E-state index >= 15 is 0 Å². The van der Waals surface area contributed by atoms with Crippen LogP contribution in [0.5, 0.6) is 0 Å². The zero-order valence-corrected chi connectivity index (χ0v) is 19.5. The maximum absolute atomic E-state index is 13.0. The molecule has 0 aromatic heterocycles. The summed E-state index contributed by atoms with van der Waals surface area (Å²) in [4.78, 5) is 41.3. The number of carbonyl (C=O) groups excluding carboxylic acids is 3. The molecule has 2 aliphatic rings. The van der Waals surface area contributed by atoms with Gasteiger partial charge < -0.3 is 10.2 Å². The molecule has 2 aromatic rings. The fourth-order valence-corrected chi connectivity index (χ4v) is 4.24. The first-order chi connectivity index (χ1) is 15.3. The monoisotopic (exact) mass is 491 g/mol. The van der Waals surface area contributed by atoms with Gasteiger partial charge in [0.1, 0.15) is 10.7 Å². The average molecular weight is 493 g/mol. The highest BCUT2D eigenvalue weighted by Crippen LogP contribution is 2.33. The summed E-state index contributed by atoms with van der Waals surface area (Å²) in [5.41, 5.74) is 1.16. The lowest BCUT2D eigenvalue weighted by atomic mass is 9.98. The van der Waals surface area contributed by atoms with Crippen molar-refractivity contribution in [2.24, 2.45) is 5.92 Å². The Hall–Kier alpha value is -2.54. The molecule has 3 amide bonds. The molecule has 1 fully saturated rings. The van der Waals surface area contributed by atoms with Crippen LogP contribution in [0, 0.1) is 5.92 Å². The molecule has 9 heteroatoms. The van der Waals surface area contributed by atoms with E-state index < -0.39 is 11.8 Å². The lowest BCUT2D eigenvalue weighted by molar-refractivity contribution is -0.120. The van der Waals surface area contributed by atoms with Crippen molar-refractivity contribution in [1.82, 2.24) is 4.90 Å². The van der Waals surface area contributed by atoms with Gasteiger partial charge in [0.05, 0.1) is 15.7 Å². The molecule has 0 unspecified atom stereocenters. The molecule has 0 bridgehead atoms. The number of anilines is 2. The summed E-state index contributed by atoms with van der Waals surface area (Å²) in [7, 11) is 0. The number of rotatable bonds is 4. The fraction of sp³-hybridized carbons (Fsp3) is 0.261. The van der Waals surface area contributed by atoms with Crippen molar-refractivity contribution in [3.63, 3.8) is 0 Å². The number of carbonyl (C=O) groups is 3. The van der Waals surface area contributed by atoms with Crippen molar-refractivity contribution in [3.8, 4) is 0 Å². The smallest absolute Gasteiger partial charge is 0.283 e. The van der Waals surface area contributed by atoms with Crippen LogP contribution in [0.2, 0.25) is 10.0 Å². The Morgan fingerprint density at radius 1 is 0.969 bits per heavy atom. The molecule has 166 valence electrons. The van der Waals surface area contributed by atoms with Gasteiger partial charge >= 0.3 is 0 Å². The standard InChI is InChI=1S/C23H20Cl3N3O3/c1-13-7-9-28(10-8-13)21(30)14-3-2-4-15(11-14)27-20-19(26)22(31)29(23(20)32)16-5-6-17(24)18(25)12-16/h2-6,11-13,27H,7-10H2,1H3. The highest BCUT2D eigenvalue weighted by atomic mass is 35.5. The Kier molecular flexibility index (Phi) is 6.47. The van der Waals surface area contributed by atoms with Crippen LogP contribution in [-0.4, -0.2) is 35.7 Å². The lowest BCUT2D eigenvalue weighted by Gasteiger charge is -2.30. The van der Waals surface area contributed by atoms with Crippen LogP contribution >= 0.6 is 34.8 Å². The molecule has 32 heavy (non-hydrogen) atoms. The van der Waals surface area contributed by atoms with Crippen molar-refractivity contribution in [2.45, 2.75) is 19.8 Å². The van der Waals surface area contributed by atoms with E-state index in [1.54, 1.807) is 24.3 Å². The first-order valence-electron chi connectivity index (χ1n) is 10.2. The highest BCUT2D eigenvalue weighted by molar-refractivity contribution is 6.53. The Balaban J connectivity index is 1.54. The maximum Gasteiger partial charge on any atom is 0.283 e. The predicted octanol–water partition coefficient (Wildman–Crippen LogP) is 5.30. The second-order valence-corrected chi connectivity index (χ2v) is 9.11. The summed E-state index contributed by atoms with van der Waals surface area (Å²) >= 11 is 18.2. The molecule has 1 N–H and O–H groups in total. The Labute approximate surface area is 200 Å². The van der Waals surface area contributed by atoms with Crippen molar-refractivity contribution < 1.29 is 14.4 Å². The van der Waals surface area contributed by atoms with Gasteiger partial charge in [-0.3, -0.25) is 14.4 Å². The van der Waals surface area contributed by atoms with Gasteiger partial charge in [-0.2, -0.15) is 0 Å². The van der Waals surface area contributed by atoms with Crippen LogP contribution in [0.1, 0.15) is 30.1 Å². The summed E-state index contributed by atoms with van der Waals surface area (Å²) in [6.07, 6.45) is 1.96. The minimum Gasteiger partial charge on any atom is -0.350 e. The summed E-state index contributed by atoms with van der Waals surface area (Å²) < 4.78 is 0. The number of benzene rings is 2. The van der Waals surface area contributed by atoms with Crippen molar-refractivity contribution >= 4 is 63.9 Å². The number of imide groups is 1. The Bertz CT molecular complexity index is 1140.